The zero-order chi connectivity index (χ0) is 23.3. The van der Waals surface area contributed by atoms with Crippen molar-refractivity contribution >= 4 is 5.91 Å². The van der Waals surface area contributed by atoms with E-state index in [-0.39, 0.29) is 17.6 Å². The topological polar surface area (TPSA) is 68.5 Å². The summed E-state index contributed by atoms with van der Waals surface area (Å²) in [7, 11) is 0. The van der Waals surface area contributed by atoms with Crippen LogP contribution in [0.5, 0.6) is 5.75 Å². The first-order valence-electron chi connectivity index (χ1n) is 11.3. The van der Waals surface area contributed by atoms with E-state index >= 15 is 0 Å². The van der Waals surface area contributed by atoms with E-state index in [1.54, 1.807) is 24.3 Å². The fourth-order valence-corrected chi connectivity index (χ4v) is 4.13. The number of carbonyl (C=O) groups is 1. The molecule has 1 aliphatic heterocycles. The van der Waals surface area contributed by atoms with Crippen molar-refractivity contribution in [3.8, 4) is 17.1 Å². The lowest BCUT2D eigenvalue weighted by atomic mass is 9.97. The molecule has 0 radical (unpaired) electrons. The third kappa shape index (κ3) is 4.98. The number of likely N-dealkylation sites (tertiary alicyclic amines) is 1. The Bertz CT molecular complexity index is 1260. The fourth-order valence-electron chi connectivity index (χ4n) is 4.13. The number of halogens is 1. The highest BCUT2D eigenvalue weighted by Gasteiger charge is 2.29. The predicted molar refractivity (Wildman–Crippen MR) is 125 cm³/mol. The summed E-state index contributed by atoms with van der Waals surface area (Å²) in [6.45, 7) is 1.64. The molecule has 6 nitrogen and oxygen atoms in total. The highest BCUT2D eigenvalue weighted by Crippen LogP contribution is 2.29. The quantitative estimate of drug-likeness (QED) is 0.384. The third-order valence-electron chi connectivity index (χ3n) is 5.93. The number of carbonyl (C=O) groups excluding carboxylic acids is 1. The first-order chi connectivity index (χ1) is 16.7. The molecule has 0 saturated carbocycles. The van der Waals surface area contributed by atoms with E-state index in [4.69, 9.17) is 9.26 Å². The van der Waals surface area contributed by atoms with E-state index < -0.39 is 0 Å². The Hall–Kier alpha value is -4.00. The molecule has 1 fully saturated rings. The minimum atomic E-state index is -0.352. The largest absolute Gasteiger partial charge is 0.489 e. The first kappa shape index (κ1) is 21.8. The van der Waals surface area contributed by atoms with Crippen molar-refractivity contribution in [1.29, 1.82) is 0 Å². The van der Waals surface area contributed by atoms with Gasteiger partial charge in [-0.15, -0.1) is 0 Å². The lowest BCUT2D eigenvalue weighted by Crippen LogP contribution is -2.39. The summed E-state index contributed by atoms with van der Waals surface area (Å²) in [4.78, 5) is 19.4. The number of nitrogens with zero attached hydrogens (tertiary/aromatic N) is 3. The second kappa shape index (κ2) is 9.87. The van der Waals surface area contributed by atoms with Gasteiger partial charge in [-0.05, 0) is 54.8 Å². The predicted octanol–water partition coefficient (Wildman–Crippen LogP) is 5.47. The third-order valence-corrected chi connectivity index (χ3v) is 5.93. The molecule has 0 spiro atoms. The lowest BCUT2D eigenvalue weighted by molar-refractivity contribution is 0.0695. The highest BCUT2D eigenvalue weighted by molar-refractivity contribution is 5.94. The molecule has 1 amide bonds. The molecule has 34 heavy (non-hydrogen) atoms. The molecule has 0 bridgehead atoms. The van der Waals surface area contributed by atoms with Gasteiger partial charge in [0.2, 0.25) is 11.7 Å². The van der Waals surface area contributed by atoms with Crippen molar-refractivity contribution in [2.45, 2.75) is 25.4 Å². The zero-order valence-corrected chi connectivity index (χ0v) is 18.6. The molecule has 5 rings (SSSR count). The van der Waals surface area contributed by atoms with Crippen LogP contribution >= 0.6 is 0 Å². The van der Waals surface area contributed by atoms with Crippen molar-refractivity contribution in [3.63, 3.8) is 0 Å². The Labute approximate surface area is 197 Å². The van der Waals surface area contributed by atoms with Crippen LogP contribution in [0.15, 0.2) is 83.4 Å². The molecule has 1 saturated heterocycles. The Morgan fingerprint density at radius 3 is 2.68 bits per heavy atom. The van der Waals surface area contributed by atoms with Crippen LogP contribution in [-0.4, -0.2) is 34.0 Å². The fraction of sp³-hybridized carbons (Fsp3) is 0.222. The molecule has 3 aromatic carbocycles. The molecule has 7 heteroatoms. The van der Waals surface area contributed by atoms with Crippen molar-refractivity contribution in [2.75, 3.05) is 13.1 Å². The minimum Gasteiger partial charge on any atom is -0.489 e. The molecular formula is C27H24FN3O3. The Morgan fingerprint density at radius 1 is 1.06 bits per heavy atom. The van der Waals surface area contributed by atoms with Gasteiger partial charge in [0, 0.05) is 24.2 Å². The van der Waals surface area contributed by atoms with Crippen LogP contribution in [-0.2, 0) is 6.61 Å². The number of ether oxygens (including phenoxy) is 1. The number of aromatic nitrogens is 2. The first-order valence-corrected chi connectivity index (χ1v) is 11.3. The van der Waals surface area contributed by atoms with Crippen LogP contribution in [0.1, 0.15) is 40.6 Å². The number of hydrogen-bond donors (Lipinski definition) is 0. The van der Waals surface area contributed by atoms with Gasteiger partial charge in [0.05, 0.1) is 5.92 Å². The lowest BCUT2D eigenvalue weighted by Gasteiger charge is -2.31. The van der Waals surface area contributed by atoms with Crippen molar-refractivity contribution in [1.82, 2.24) is 15.0 Å². The van der Waals surface area contributed by atoms with Gasteiger partial charge in [0.1, 0.15) is 18.2 Å². The normalized spacial score (nSPS) is 15.8. The van der Waals surface area contributed by atoms with Gasteiger partial charge in [-0.3, -0.25) is 4.79 Å². The van der Waals surface area contributed by atoms with Gasteiger partial charge < -0.3 is 14.2 Å². The summed E-state index contributed by atoms with van der Waals surface area (Å²) in [5.41, 5.74) is 2.26. The maximum atomic E-state index is 13.5. The SMILES string of the molecule is O=C(c1ccc(OCc2ccccc2)cc1)N1CCCC(c2nc(-c3cccc(F)c3)no2)C1. The molecule has 172 valence electrons. The molecule has 1 unspecified atom stereocenters. The number of hydrogen-bond acceptors (Lipinski definition) is 5. The van der Waals surface area contributed by atoms with E-state index in [9.17, 15) is 9.18 Å². The van der Waals surface area contributed by atoms with Gasteiger partial charge in [-0.1, -0.05) is 47.6 Å². The van der Waals surface area contributed by atoms with Gasteiger partial charge >= 0.3 is 0 Å². The number of amides is 1. The maximum Gasteiger partial charge on any atom is 0.253 e. The van der Waals surface area contributed by atoms with Crippen molar-refractivity contribution < 1.29 is 18.4 Å². The molecule has 1 atom stereocenters. The summed E-state index contributed by atoms with van der Waals surface area (Å²) < 4.78 is 24.8. The molecule has 4 aromatic rings. The molecule has 2 heterocycles. The second-order valence-corrected chi connectivity index (χ2v) is 8.36. The zero-order valence-electron chi connectivity index (χ0n) is 18.6. The van der Waals surface area contributed by atoms with Crippen molar-refractivity contribution in [3.05, 3.63) is 102 Å². The highest BCUT2D eigenvalue weighted by atomic mass is 19.1. The van der Waals surface area contributed by atoms with E-state index in [1.165, 1.54) is 12.1 Å². The van der Waals surface area contributed by atoms with E-state index in [2.05, 4.69) is 10.1 Å². The molecule has 1 aromatic heterocycles. The second-order valence-electron chi connectivity index (χ2n) is 8.36. The molecular weight excluding hydrogens is 433 g/mol. The van der Waals surface area contributed by atoms with E-state index in [0.29, 0.717) is 48.3 Å². The maximum absolute atomic E-state index is 13.5. The minimum absolute atomic E-state index is 0.0378. The van der Waals surface area contributed by atoms with E-state index in [1.807, 2.05) is 47.4 Å². The van der Waals surface area contributed by atoms with Gasteiger partial charge in [-0.25, -0.2) is 4.39 Å². The summed E-state index contributed by atoms with van der Waals surface area (Å²) in [5.74, 6) is 1.10. The summed E-state index contributed by atoms with van der Waals surface area (Å²) in [6.07, 6.45) is 1.69. The number of rotatable bonds is 6. The average molecular weight is 458 g/mol. The Balaban J connectivity index is 1.22. The van der Waals surface area contributed by atoms with Gasteiger partial charge in [0.25, 0.3) is 5.91 Å². The summed E-state index contributed by atoms with van der Waals surface area (Å²) >= 11 is 0. The monoisotopic (exact) mass is 457 g/mol. The average Bonchev–Trinajstić information content (AvgIpc) is 3.39. The number of piperidine rings is 1. The standard InChI is InChI=1S/C27H24FN3O3/c28-23-10-4-8-21(16-23)25-29-26(34-30-25)22-9-5-15-31(17-22)27(32)20-11-13-24(14-12-20)33-18-19-6-2-1-3-7-19/h1-4,6-8,10-14,16,22H,5,9,15,17-18H2. The van der Waals surface area contributed by atoms with Crippen LogP contribution < -0.4 is 4.74 Å². The van der Waals surface area contributed by atoms with Crippen LogP contribution in [0.3, 0.4) is 0 Å². The van der Waals surface area contributed by atoms with Crippen LogP contribution in [0.4, 0.5) is 4.39 Å². The summed E-state index contributed by atoms with van der Waals surface area (Å²) in [6, 6.07) is 23.3. The van der Waals surface area contributed by atoms with Gasteiger partial charge in [-0.2, -0.15) is 4.98 Å². The van der Waals surface area contributed by atoms with Gasteiger partial charge in [0.15, 0.2) is 0 Å². The molecule has 0 N–H and O–H groups in total. The van der Waals surface area contributed by atoms with Crippen LogP contribution in [0.25, 0.3) is 11.4 Å². The van der Waals surface area contributed by atoms with Crippen LogP contribution in [0.2, 0.25) is 0 Å². The smallest absolute Gasteiger partial charge is 0.253 e. The Kier molecular flexibility index (Phi) is 6.33. The van der Waals surface area contributed by atoms with Crippen molar-refractivity contribution in [2.24, 2.45) is 0 Å². The Morgan fingerprint density at radius 2 is 1.88 bits per heavy atom. The van der Waals surface area contributed by atoms with E-state index in [0.717, 1.165) is 18.4 Å². The van der Waals surface area contributed by atoms with Crippen LogP contribution in [0, 0.1) is 5.82 Å². The summed E-state index contributed by atoms with van der Waals surface area (Å²) in [5, 5.41) is 4.01. The number of benzene rings is 3. The molecule has 1 aliphatic rings. The molecule has 0 aliphatic carbocycles.